The minimum atomic E-state index is 0.634. The van der Waals surface area contributed by atoms with Gasteiger partial charge in [0.05, 0.1) is 4.70 Å². The van der Waals surface area contributed by atoms with Gasteiger partial charge in [0.25, 0.3) is 0 Å². The van der Waals surface area contributed by atoms with Crippen LogP contribution in [0.5, 0.6) is 0 Å². The lowest BCUT2D eigenvalue weighted by molar-refractivity contribution is 0.673. The molecule has 0 spiro atoms. The maximum atomic E-state index is 6.54. The average molecular weight is 632 g/mol. The van der Waals surface area contributed by atoms with Crippen molar-refractivity contribution in [3.8, 4) is 45.3 Å². The number of furan rings is 1. The lowest BCUT2D eigenvalue weighted by Crippen LogP contribution is -2.00. The molecule has 0 aliphatic carbocycles. The Morgan fingerprint density at radius 3 is 1.90 bits per heavy atom. The van der Waals surface area contributed by atoms with Crippen LogP contribution in [0.25, 0.3) is 98.2 Å². The number of para-hydroxylation sites is 1. The Labute approximate surface area is 279 Å². The van der Waals surface area contributed by atoms with Gasteiger partial charge < -0.3 is 4.42 Å². The SMILES string of the molecule is c1ccc(-c2nc(-c3ccc(-c4cccc5ccccc45)cc3)nc(-c3cc4c5ccccc5oc4c4c3sc3ccccc34)n2)cc1. The molecule has 0 saturated carbocycles. The van der Waals surface area contributed by atoms with Gasteiger partial charge in [-0.05, 0) is 40.1 Å². The number of hydrogen-bond acceptors (Lipinski definition) is 5. The molecule has 0 atom stereocenters. The molecular formula is C43H25N3OS. The topological polar surface area (TPSA) is 51.8 Å². The first-order valence-electron chi connectivity index (χ1n) is 15.9. The van der Waals surface area contributed by atoms with Gasteiger partial charge in [0.2, 0.25) is 0 Å². The number of benzene rings is 7. The molecule has 0 amide bonds. The third-order valence-electron chi connectivity index (χ3n) is 9.14. The summed E-state index contributed by atoms with van der Waals surface area (Å²) in [4.78, 5) is 15.4. The number of aromatic nitrogens is 3. The van der Waals surface area contributed by atoms with Crippen LogP contribution in [0, 0.1) is 0 Å². The minimum absolute atomic E-state index is 0.634. The molecule has 5 heteroatoms. The van der Waals surface area contributed by atoms with Gasteiger partial charge in [-0.1, -0.05) is 133 Å². The maximum Gasteiger partial charge on any atom is 0.165 e. The molecule has 3 aromatic heterocycles. The first-order valence-corrected chi connectivity index (χ1v) is 16.8. The highest BCUT2D eigenvalue weighted by molar-refractivity contribution is 7.26. The van der Waals surface area contributed by atoms with E-state index in [9.17, 15) is 0 Å². The summed E-state index contributed by atoms with van der Waals surface area (Å²) < 4.78 is 8.84. The molecule has 0 unspecified atom stereocenters. The molecule has 48 heavy (non-hydrogen) atoms. The Morgan fingerprint density at radius 1 is 0.438 bits per heavy atom. The van der Waals surface area contributed by atoms with Crippen LogP contribution in [0.15, 0.2) is 156 Å². The van der Waals surface area contributed by atoms with E-state index < -0.39 is 0 Å². The molecule has 0 aliphatic rings. The fourth-order valence-electron chi connectivity index (χ4n) is 6.85. The van der Waals surface area contributed by atoms with E-state index in [0.717, 1.165) is 54.3 Å². The van der Waals surface area contributed by atoms with Crippen LogP contribution in [-0.4, -0.2) is 15.0 Å². The Hall–Kier alpha value is -6.17. The van der Waals surface area contributed by atoms with E-state index in [4.69, 9.17) is 19.4 Å². The van der Waals surface area contributed by atoms with Crippen LogP contribution in [0.3, 0.4) is 0 Å². The summed E-state index contributed by atoms with van der Waals surface area (Å²) in [7, 11) is 0. The third-order valence-corrected chi connectivity index (χ3v) is 10.3. The zero-order valence-corrected chi connectivity index (χ0v) is 26.4. The van der Waals surface area contributed by atoms with Crippen molar-refractivity contribution in [3.05, 3.63) is 152 Å². The molecule has 3 heterocycles. The van der Waals surface area contributed by atoms with Gasteiger partial charge in [-0.15, -0.1) is 11.3 Å². The van der Waals surface area contributed by atoms with Crippen molar-refractivity contribution in [1.29, 1.82) is 0 Å². The zero-order valence-electron chi connectivity index (χ0n) is 25.6. The standard InChI is InChI=1S/C43H25N3OS/c1-2-12-28(13-3-1)41-44-42(29-23-21-27(22-24-29)31-18-10-14-26-11-4-5-15-30(26)31)46-43(45-41)35-25-34-32-16-6-8-19-36(32)47-39(34)38-33-17-7-9-20-37(33)48-40(35)38/h1-25H. The summed E-state index contributed by atoms with van der Waals surface area (Å²) in [5.41, 5.74) is 6.96. The Kier molecular flexibility index (Phi) is 6.01. The fraction of sp³-hybridized carbons (Fsp3) is 0. The zero-order chi connectivity index (χ0) is 31.6. The largest absolute Gasteiger partial charge is 0.455 e. The molecule has 4 nitrogen and oxygen atoms in total. The number of hydrogen-bond donors (Lipinski definition) is 0. The molecule has 0 saturated heterocycles. The van der Waals surface area contributed by atoms with Crippen LogP contribution in [-0.2, 0) is 0 Å². The van der Waals surface area contributed by atoms with E-state index in [1.165, 1.54) is 26.4 Å². The van der Waals surface area contributed by atoms with Gasteiger partial charge in [0.15, 0.2) is 17.5 Å². The molecule has 0 aliphatic heterocycles. The van der Waals surface area contributed by atoms with E-state index in [-0.39, 0.29) is 0 Å². The second kappa shape index (κ2) is 10.7. The van der Waals surface area contributed by atoms with Gasteiger partial charge in [0, 0.05) is 42.9 Å². The third kappa shape index (κ3) is 4.25. The highest BCUT2D eigenvalue weighted by atomic mass is 32.1. The number of thiophene rings is 1. The van der Waals surface area contributed by atoms with Crippen molar-refractivity contribution in [1.82, 2.24) is 15.0 Å². The highest BCUT2D eigenvalue weighted by Gasteiger charge is 2.22. The first kappa shape index (κ1) is 27.0. The average Bonchev–Trinajstić information content (AvgIpc) is 3.73. The van der Waals surface area contributed by atoms with Crippen molar-refractivity contribution in [3.63, 3.8) is 0 Å². The predicted molar refractivity (Wildman–Crippen MR) is 199 cm³/mol. The summed E-state index contributed by atoms with van der Waals surface area (Å²) in [6, 6.07) is 52.6. The summed E-state index contributed by atoms with van der Waals surface area (Å²) in [5.74, 6) is 1.91. The lowest BCUT2D eigenvalue weighted by atomic mass is 9.97. The van der Waals surface area contributed by atoms with Crippen molar-refractivity contribution in [2.24, 2.45) is 0 Å². The predicted octanol–water partition coefficient (Wildman–Crippen LogP) is 12.0. The van der Waals surface area contributed by atoms with Crippen molar-refractivity contribution in [2.75, 3.05) is 0 Å². The maximum absolute atomic E-state index is 6.54. The minimum Gasteiger partial charge on any atom is -0.455 e. The molecule has 0 bridgehead atoms. The molecule has 0 radical (unpaired) electrons. The first-order chi connectivity index (χ1) is 23.8. The molecule has 10 rings (SSSR count). The second-order valence-corrected chi connectivity index (χ2v) is 13.0. The van der Waals surface area contributed by atoms with Crippen LogP contribution >= 0.6 is 11.3 Å². The highest BCUT2D eigenvalue weighted by Crippen LogP contribution is 2.46. The van der Waals surface area contributed by atoms with E-state index in [0.29, 0.717) is 17.5 Å². The van der Waals surface area contributed by atoms with Gasteiger partial charge in [-0.3, -0.25) is 0 Å². The summed E-state index contributed by atoms with van der Waals surface area (Å²) >= 11 is 1.75. The molecule has 10 aromatic rings. The van der Waals surface area contributed by atoms with Gasteiger partial charge in [-0.25, -0.2) is 15.0 Å². The van der Waals surface area contributed by atoms with Crippen molar-refractivity contribution >= 4 is 64.2 Å². The quantitative estimate of drug-likeness (QED) is 0.194. The van der Waals surface area contributed by atoms with Crippen LogP contribution in [0.4, 0.5) is 0 Å². The van der Waals surface area contributed by atoms with Crippen LogP contribution < -0.4 is 0 Å². The Bertz CT molecular complexity index is 2830. The molecule has 0 fully saturated rings. The molecule has 224 valence electrons. The van der Waals surface area contributed by atoms with E-state index in [1.807, 2.05) is 42.5 Å². The van der Waals surface area contributed by atoms with E-state index in [1.54, 1.807) is 11.3 Å². The summed E-state index contributed by atoms with van der Waals surface area (Å²) in [5, 5.41) is 6.86. The molecule has 7 aromatic carbocycles. The number of nitrogens with zero attached hydrogens (tertiary/aromatic N) is 3. The second-order valence-electron chi connectivity index (χ2n) is 12.0. The van der Waals surface area contributed by atoms with E-state index in [2.05, 4.69) is 109 Å². The van der Waals surface area contributed by atoms with Crippen LogP contribution in [0.1, 0.15) is 0 Å². The van der Waals surface area contributed by atoms with Gasteiger partial charge >= 0.3 is 0 Å². The summed E-state index contributed by atoms with van der Waals surface area (Å²) in [6.45, 7) is 0. The number of rotatable bonds is 4. The van der Waals surface area contributed by atoms with E-state index >= 15 is 0 Å². The number of fused-ring (bicyclic) bond motifs is 8. The van der Waals surface area contributed by atoms with Crippen LogP contribution in [0.2, 0.25) is 0 Å². The molecule has 0 N–H and O–H groups in total. The summed E-state index contributed by atoms with van der Waals surface area (Å²) in [6.07, 6.45) is 0. The molecular weight excluding hydrogens is 607 g/mol. The Balaban J connectivity index is 1.21. The monoisotopic (exact) mass is 631 g/mol. The normalized spacial score (nSPS) is 11.8. The smallest absolute Gasteiger partial charge is 0.165 e. The van der Waals surface area contributed by atoms with Crippen molar-refractivity contribution in [2.45, 2.75) is 0 Å². The van der Waals surface area contributed by atoms with Gasteiger partial charge in [-0.2, -0.15) is 0 Å². The lowest BCUT2D eigenvalue weighted by Gasteiger charge is -2.11. The van der Waals surface area contributed by atoms with Crippen molar-refractivity contribution < 1.29 is 4.42 Å². The fourth-order valence-corrected chi connectivity index (χ4v) is 8.06. The Morgan fingerprint density at radius 2 is 1.06 bits per heavy atom. The van der Waals surface area contributed by atoms with Gasteiger partial charge in [0.1, 0.15) is 11.2 Å².